The van der Waals surface area contributed by atoms with Crippen LogP contribution in [0.25, 0.3) is 9.88 Å². The highest BCUT2D eigenvalue weighted by Gasteiger charge is 2.16. The molecule has 3 aromatic rings. The first-order chi connectivity index (χ1) is 11.6. The number of hydrogen-bond donors (Lipinski definition) is 1. The van der Waals surface area contributed by atoms with Gasteiger partial charge in [-0.2, -0.15) is 0 Å². The Labute approximate surface area is 150 Å². The lowest BCUT2D eigenvalue weighted by Gasteiger charge is -2.12. The molecule has 0 aliphatic heterocycles. The number of thiophene rings is 1. The van der Waals surface area contributed by atoms with E-state index >= 15 is 0 Å². The first-order valence-corrected chi connectivity index (χ1v) is 9.69. The highest BCUT2D eigenvalue weighted by molar-refractivity contribution is 7.22. The molecule has 0 saturated heterocycles. The quantitative estimate of drug-likeness (QED) is 0.667. The molecule has 124 valence electrons. The van der Waals surface area contributed by atoms with Crippen molar-refractivity contribution in [1.29, 1.82) is 0 Å². The Hall–Kier alpha value is -1.98. The molecule has 0 radical (unpaired) electrons. The molecule has 24 heavy (non-hydrogen) atoms. The van der Waals surface area contributed by atoms with Gasteiger partial charge in [0.15, 0.2) is 0 Å². The molecule has 2 aromatic heterocycles. The first-order valence-electron chi connectivity index (χ1n) is 7.99. The summed E-state index contributed by atoms with van der Waals surface area (Å²) in [6.07, 6.45) is 0.922. The summed E-state index contributed by atoms with van der Waals surface area (Å²) in [6, 6.07) is 14.4. The third kappa shape index (κ3) is 3.91. The van der Waals surface area contributed by atoms with Crippen LogP contribution in [-0.2, 0) is 0 Å². The molecule has 1 unspecified atom stereocenters. The second-order valence-electron chi connectivity index (χ2n) is 5.77. The molecule has 5 heteroatoms. The summed E-state index contributed by atoms with van der Waals surface area (Å²) in [5.74, 6) is 0.406. The molecule has 0 fully saturated rings. The van der Waals surface area contributed by atoms with E-state index in [4.69, 9.17) is 0 Å². The van der Waals surface area contributed by atoms with Crippen LogP contribution >= 0.6 is 22.7 Å². The number of rotatable bonds is 6. The van der Waals surface area contributed by atoms with Crippen molar-refractivity contribution in [3.05, 3.63) is 64.0 Å². The van der Waals surface area contributed by atoms with Crippen LogP contribution in [0.2, 0.25) is 0 Å². The lowest BCUT2D eigenvalue weighted by molar-refractivity contribution is 0.0956. The Morgan fingerprint density at radius 2 is 2.00 bits per heavy atom. The van der Waals surface area contributed by atoms with Gasteiger partial charge < -0.3 is 5.32 Å². The van der Waals surface area contributed by atoms with E-state index in [2.05, 4.69) is 41.5 Å². The number of amides is 1. The van der Waals surface area contributed by atoms with E-state index in [0.717, 1.165) is 22.0 Å². The predicted molar refractivity (Wildman–Crippen MR) is 102 cm³/mol. The average molecular weight is 357 g/mol. The van der Waals surface area contributed by atoms with Crippen molar-refractivity contribution in [3.8, 4) is 9.88 Å². The van der Waals surface area contributed by atoms with E-state index in [9.17, 15) is 4.79 Å². The second kappa shape index (κ2) is 7.73. The van der Waals surface area contributed by atoms with Gasteiger partial charge in [0, 0.05) is 6.54 Å². The van der Waals surface area contributed by atoms with E-state index in [-0.39, 0.29) is 5.91 Å². The normalized spacial score (nSPS) is 12.1. The summed E-state index contributed by atoms with van der Waals surface area (Å²) in [6.45, 7) is 4.75. The van der Waals surface area contributed by atoms with Gasteiger partial charge in [-0.3, -0.25) is 4.79 Å². The van der Waals surface area contributed by atoms with Gasteiger partial charge in [-0.25, -0.2) is 4.98 Å². The van der Waals surface area contributed by atoms with Crippen molar-refractivity contribution >= 4 is 28.6 Å². The number of hydrogen-bond acceptors (Lipinski definition) is 4. The number of nitrogens with one attached hydrogen (secondary N) is 1. The summed E-state index contributed by atoms with van der Waals surface area (Å²) in [4.78, 5) is 18.8. The minimum atomic E-state index is -0.0203. The van der Waals surface area contributed by atoms with Crippen LogP contribution in [0.1, 0.15) is 40.2 Å². The van der Waals surface area contributed by atoms with Gasteiger partial charge in [0.05, 0.1) is 10.6 Å². The lowest BCUT2D eigenvalue weighted by atomic mass is 9.98. The van der Waals surface area contributed by atoms with Gasteiger partial charge in [-0.05, 0) is 36.3 Å². The maximum Gasteiger partial charge on any atom is 0.263 e. The van der Waals surface area contributed by atoms with E-state index in [0.29, 0.717) is 17.3 Å². The van der Waals surface area contributed by atoms with Gasteiger partial charge in [0.1, 0.15) is 9.88 Å². The molecule has 1 N–H and O–H groups in total. The number of aryl methyl sites for hydroxylation is 1. The Morgan fingerprint density at radius 3 is 2.71 bits per heavy atom. The molecule has 0 aliphatic rings. The molecule has 1 amide bonds. The fourth-order valence-electron chi connectivity index (χ4n) is 2.54. The first kappa shape index (κ1) is 16.9. The van der Waals surface area contributed by atoms with Crippen LogP contribution < -0.4 is 5.32 Å². The zero-order valence-corrected chi connectivity index (χ0v) is 15.4. The summed E-state index contributed by atoms with van der Waals surface area (Å²) >= 11 is 3.11. The van der Waals surface area contributed by atoms with Gasteiger partial charge in [0.25, 0.3) is 5.91 Å². The molecule has 0 bridgehead atoms. The average Bonchev–Trinajstić information content (AvgIpc) is 3.25. The minimum absolute atomic E-state index is 0.0203. The van der Waals surface area contributed by atoms with Crippen LogP contribution in [0, 0.1) is 6.92 Å². The van der Waals surface area contributed by atoms with E-state index in [1.807, 2.05) is 30.5 Å². The maximum atomic E-state index is 12.4. The molecule has 3 rings (SSSR count). The number of carbonyl (C=O) groups excluding carboxylic acids is 1. The van der Waals surface area contributed by atoms with Crippen molar-refractivity contribution in [2.75, 3.05) is 6.54 Å². The summed E-state index contributed by atoms with van der Waals surface area (Å²) in [5, 5.41) is 5.98. The van der Waals surface area contributed by atoms with Gasteiger partial charge in [-0.15, -0.1) is 22.7 Å². The van der Waals surface area contributed by atoms with Crippen LogP contribution in [-0.4, -0.2) is 17.4 Å². The van der Waals surface area contributed by atoms with Crippen LogP contribution in [0.4, 0.5) is 0 Å². The molecule has 0 spiro atoms. The van der Waals surface area contributed by atoms with E-state index in [1.165, 1.54) is 16.9 Å². The molecule has 0 aliphatic carbocycles. The lowest BCUT2D eigenvalue weighted by Crippen LogP contribution is -2.25. The third-order valence-corrected chi connectivity index (χ3v) is 6.16. The summed E-state index contributed by atoms with van der Waals surface area (Å²) in [7, 11) is 0. The maximum absolute atomic E-state index is 12.4. The van der Waals surface area contributed by atoms with Gasteiger partial charge in [0.2, 0.25) is 0 Å². The van der Waals surface area contributed by atoms with Crippen LogP contribution in [0.5, 0.6) is 0 Å². The molecular weight excluding hydrogens is 336 g/mol. The SMILES string of the molecule is Cc1nc(-c2cccs2)sc1C(=O)NCCC(C)c1ccccc1. The van der Waals surface area contributed by atoms with Crippen molar-refractivity contribution in [2.24, 2.45) is 0 Å². The number of carbonyl (C=O) groups is 1. The fourth-order valence-corrected chi connectivity index (χ4v) is 4.32. The summed E-state index contributed by atoms with van der Waals surface area (Å²) in [5.41, 5.74) is 2.11. The number of nitrogens with zero attached hydrogens (tertiary/aromatic N) is 1. The third-order valence-electron chi connectivity index (χ3n) is 3.97. The topological polar surface area (TPSA) is 42.0 Å². The number of aromatic nitrogens is 1. The molecule has 2 heterocycles. The van der Waals surface area contributed by atoms with Crippen molar-refractivity contribution < 1.29 is 4.79 Å². The summed E-state index contributed by atoms with van der Waals surface area (Å²) < 4.78 is 0. The zero-order valence-electron chi connectivity index (χ0n) is 13.8. The molecule has 3 nitrogen and oxygen atoms in total. The van der Waals surface area contributed by atoms with Crippen LogP contribution in [0.3, 0.4) is 0 Å². The largest absolute Gasteiger partial charge is 0.351 e. The highest BCUT2D eigenvalue weighted by atomic mass is 32.1. The van der Waals surface area contributed by atoms with E-state index in [1.54, 1.807) is 11.3 Å². The molecule has 0 saturated carbocycles. The zero-order chi connectivity index (χ0) is 16.9. The number of thiazole rings is 1. The molecular formula is C19H20N2OS2. The smallest absolute Gasteiger partial charge is 0.263 e. The molecule has 1 atom stereocenters. The van der Waals surface area contributed by atoms with Gasteiger partial charge in [-0.1, -0.05) is 43.3 Å². The highest BCUT2D eigenvalue weighted by Crippen LogP contribution is 2.31. The van der Waals surface area contributed by atoms with Crippen molar-refractivity contribution in [2.45, 2.75) is 26.2 Å². The fraction of sp³-hybridized carbons (Fsp3) is 0.263. The minimum Gasteiger partial charge on any atom is -0.351 e. The van der Waals surface area contributed by atoms with Crippen molar-refractivity contribution in [3.63, 3.8) is 0 Å². The van der Waals surface area contributed by atoms with E-state index < -0.39 is 0 Å². The second-order valence-corrected chi connectivity index (χ2v) is 7.71. The van der Waals surface area contributed by atoms with Gasteiger partial charge >= 0.3 is 0 Å². The van der Waals surface area contributed by atoms with Crippen LogP contribution in [0.15, 0.2) is 47.8 Å². The predicted octanol–water partition coefficient (Wildman–Crippen LogP) is 5.10. The Bertz CT molecular complexity index is 794. The monoisotopic (exact) mass is 356 g/mol. The Morgan fingerprint density at radius 1 is 1.21 bits per heavy atom. The standard InChI is InChI=1S/C19H20N2OS2/c1-13(15-7-4-3-5-8-15)10-11-20-18(22)17-14(2)21-19(24-17)16-9-6-12-23-16/h3-9,12-13H,10-11H2,1-2H3,(H,20,22). The Balaban J connectivity index is 1.58. The Kier molecular flexibility index (Phi) is 5.43. The molecule has 1 aromatic carbocycles. The van der Waals surface area contributed by atoms with Crippen molar-refractivity contribution in [1.82, 2.24) is 10.3 Å². The number of benzene rings is 1.